The van der Waals surface area contributed by atoms with Crippen LogP contribution in [-0.2, 0) is 4.79 Å². The Morgan fingerprint density at radius 3 is 2.25 bits per heavy atom. The van der Waals surface area contributed by atoms with Crippen molar-refractivity contribution in [2.24, 2.45) is 23.7 Å². The van der Waals surface area contributed by atoms with Crippen LogP contribution in [-0.4, -0.2) is 5.78 Å². The molecule has 1 aliphatic carbocycles. The maximum Gasteiger partial charge on any atom is 0.136 e. The van der Waals surface area contributed by atoms with E-state index in [9.17, 15) is 4.79 Å². The highest BCUT2D eigenvalue weighted by molar-refractivity contribution is 5.81. The van der Waals surface area contributed by atoms with Gasteiger partial charge in [-0.3, -0.25) is 4.79 Å². The van der Waals surface area contributed by atoms with Gasteiger partial charge in [-0.25, -0.2) is 0 Å². The maximum absolute atomic E-state index is 11.9. The van der Waals surface area contributed by atoms with E-state index in [1.807, 2.05) is 0 Å². The molecule has 1 aliphatic rings. The maximum atomic E-state index is 11.9. The van der Waals surface area contributed by atoms with Crippen molar-refractivity contribution in [3.05, 3.63) is 0 Å². The number of hydrogen-bond donors (Lipinski definition) is 0. The van der Waals surface area contributed by atoms with E-state index in [0.29, 0.717) is 24.0 Å². The molecule has 0 amide bonds. The lowest BCUT2D eigenvalue weighted by atomic mass is 9.74. The summed E-state index contributed by atoms with van der Waals surface area (Å²) in [5.41, 5.74) is 0. The molecule has 0 saturated heterocycles. The quantitative estimate of drug-likeness (QED) is 0.728. The van der Waals surface area contributed by atoms with Gasteiger partial charge in [0.15, 0.2) is 0 Å². The Morgan fingerprint density at radius 1 is 1.25 bits per heavy atom. The molecule has 1 unspecified atom stereocenters. The highest BCUT2D eigenvalue weighted by atomic mass is 16.1. The minimum atomic E-state index is 0.196. The number of ketones is 1. The van der Waals surface area contributed by atoms with Crippen LogP contribution < -0.4 is 0 Å². The summed E-state index contributed by atoms with van der Waals surface area (Å²) in [5.74, 6) is 1.84. The highest BCUT2D eigenvalue weighted by Crippen LogP contribution is 2.34. The number of rotatable bonds is 4. The Balaban J connectivity index is 2.41. The molecule has 0 heterocycles. The predicted molar refractivity (Wildman–Crippen MR) is 64.7 cm³/mol. The van der Waals surface area contributed by atoms with Gasteiger partial charge in [-0.05, 0) is 37.5 Å². The van der Waals surface area contributed by atoms with Crippen LogP contribution in [0.15, 0.2) is 0 Å². The number of Topliss-reactive ketones (excluding diaryl/α,β-unsaturated/α-hetero) is 1. The zero-order chi connectivity index (χ0) is 12.1. The molecule has 0 aromatic heterocycles. The fourth-order valence-electron chi connectivity index (χ4n) is 2.60. The molecule has 0 N–H and O–H groups in total. The standard InChI is InChI=1S/C14H23NO/c1-10(2)8-14(16)11(3)13-6-4-12(9-15)5-7-13/h10-13H,4-8H2,1-3H3. The van der Waals surface area contributed by atoms with E-state index in [2.05, 4.69) is 26.8 Å². The Hall–Kier alpha value is -0.840. The summed E-state index contributed by atoms with van der Waals surface area (Å²) in [6, 6.07) is 2.34. The van der Waals surface area contributed by atoms with Gasteiger partial charge in [0.1, 0.15) is 5.78 Å². The second-order valence-corrected chi connectivity index (χ2v) is 5.59. The Bertz CT molecular complexity index is 269. The van der Waals surface area contributed by atoms with Gasteiger partial charge in [-0.2, -0.15) is 5.26 Å². The second kappa shape index (κ2) is 6.03. The molecular formula is C14H23NO. The van der Waals surface area contributed by atoms with Crippen molar-refractivity contribution in [1.82, 2.24) is 0 Å². The predicted octanol–water partition coefficient (Wildman–Crippen LogP) is 3.57. The summed E-state index contributed by atoms with van der Waals surface area (Å²) in [7, 11) is 0. The molecule has 0 bridgehead atoms. The van der Waals surface area contributed by atoms with E-state index in [0.717, 1.165) is 25.7 Å². The van der Waals surface area contributed by atoms with Crippen molar-refractivity contribution in [3.8, 4) is 6.07 Å². The third-order valence-electron chi connectivity index (χ3n) is 3.78. The van der Waals surface area contributed by atoms with Crippen LogP contribution in [0.3, 0.4) is 0 Å². The Kier molecular flexibility index (Phi) is 4.99. The number of hydrogen-bond acceptors (Lipinski definition) is 2. The van der Waals surface area contributed by atoms with Crippen LogP contribution in [0.5, 0.6) is 0 Å². The van der Waals surface area contributed by atoms with Crippen molar-refractivity contribution in [2.45, 2.75) is 52.9 Å². The van der Waals surface area contributed by atoms with Gasteiger partial charge in [0.05, 0.1) is 6.07 Å². The van der Waals surface area contributed by atoms with Gasteiger partial charge in [0.2, 0.25) is 0 Å². The highest BCUT2D eigenvalue weighted by Gasteiger charge is 2.28. The lowest BCUT2D eigenvalue weighted by molar-refractivity contribution is -0.125. The zero-order valence-corrected chi connectivity index (χ0v) is 10.7. The zero-order valence-electron chi connectivity index (χ0n) is 10.7. The third-order valence-corrected chi connectivity index (χ3v) is 3.78. The molecule has 1 fully saturated rings. The first-order valence-corrected chi connectivity index (χ1v) is 6.47. The molecule has 0 aromatic rings. The average molecular weight is 221 g/mol. The average Bonchev–Trinajstić information content (AvgIpc) is 2.27. The summed E-state index contributed by atoms with van der Waals surface area (Å²) in [5, 5.41) is 8.83. The van der Waals surface area contributed by atoms with Crippen LogP contribution in [0.25, 0.3) is 0 Å². The monoisotopic (exact) mass is 221 g/mol. The summed E-state index contributed by atoms with van der Waals surface area (Å²) in [6.07, 6.45) is 4.80. The minimum absolute atomic E-state index is 0.196. The largest absolute Gasteiger partial charge is 0.299 e. The fourth-order valence-corrected chi connectivity index (χ4v) is 2.60. The van der Waals surface area contributed by atoms with Gasteiger partial charge in [-0.15, -0.1) is 0 Å². The molecule has 1 atom stereocenters. The van der Waals surface area contributed by atoms with E-state index in [1.165, 1.54) is 0 Å². The number of nitriles is 1. The van der Waals surface area contributed by atoms with E-state index < -0.39 is 0 Å². The summed E-state index contributed by atoms with van der Waals surface area (Å²) < 4.78 is 0. The van der Waals surface area contributed by atoms with Crippen LogP contribution in [0.2, 0.25) is 0 Å². The lowest BCUT2D eigenvalue weighted by Gasteiger charge is -2.29. The molecule has 0 aromatic carbocycles. The van der Waals surface area contributed by atoms with Crippen molar-refractivity contribution >= 4 is 5.78 Å². The molecule has 0 spiro atoms. The Labute approximate surface area is 99.0 Å². The molecule has 0 radical (unpaired) electrons. The fraction of sp³-hybridized carbons (Fsp3) is 0.857. The Morgan fingerprint density at radius 2 is 1.81 bits per heavy atom. The summed E-state index contributed by atoms with van der Waals surface area (Å²) in [4.78, 5) is 11.9. The van der Waals surface area contributed by atoms with Crippen LogP contribution in [0.1, 0.15) is 52.9 Å². The van der Waals surface area contributed by atoms with Crippen LogP contribution >= 0.6 is 0 Å². The second-order valence-electron chi connectivity index (χ2n) is 5.59. The first-order chi connectivity index (χ1) is 7.54. The van der Waals surface area contributed by atoms with Crippen molar-refractivity contribution in [3.63, 3.8) is 0 Å². The van der Waals surface area contributed by atoms with Gasteiger partial charge in [0.25, 0.3) is 0 Å². The van der Waals surface area contributed by atoms with E-state index in [4.69, 9.17) is 5.26 Å². The molecule has 1 saturated carbocycles. The SMILES string of the molecule is CC(C)CC(=O)C(C)C1CCC(C#N)CC1. The van der Waals surface area contributed by atoms with E-state index in [-0.39, 0.29) is 11.8 Å². The van der Waals surface area contributed by atoms with Gasteiger partial charge in [0, 0.05) is 18.3 Å². The van der Waals surface area contributed by atoms with Crippen molar-refractivity contribution in [2.75, 3.05) is 0 Å². The minimum Gasteiger partial charge on any atom is -0.299 e. The number of carbonyl (C=O) groups is 1. The number of carbonyl (C=O) groups excluding carboxylic acids is 1. The normalized spacial score (nSPS) is 27.4. The van der Waals surface area contributed by atoms with E-state index >= 15 is 0 Å². The molecule has 2 nitrogen and oxygen atoms in total. The van der Waals surface area contributed by atoms with Crippen LogP contribution in [0.4, 0.5) is 0 Å². The van der Waals surface area contributed by atoms with Gasteiger partial charge < -0.3 is 0 Å². The molecule has 2 heteroatoms. The number of nitrogens with zero attached hydrogens (tertiary/aromatic N) is 1. The first kappa shape index (κ1) is 13.2. The lowest BCUT2D eigenvalue weighted by Crippen LogP contribution is -2.26. The van der Waals surface area contributed by atoms with Crippen molar-refractivity contribution in [1.29, 1.82) is 5.26 Å². The van der Waals surface area contributed by atoms with Crippen LogP contribution in [0, 0.1) is 35.0 Å². The van der Waals surface area contributed by atoms with E-state index in [1.54, 1.807) is 0 Å². The molecule has 90 valence electrons. The molecular weight excluding hydrogens is 198 g/mol. The van der Waals surface area contributed by atoms with Crippen molar-refractivity contribution < 1.29 is 4.79 Å². The molecule has 16 heavy (non-hydrogen) atoms. The molecule has 1 rings (SSSR count). The smallest absolute Gasteiger partial charge is 0.136 e. The summed E-state index contributed by atoms with van der Waals surface area (Å²) in [6.45, 7) is 6.26. The first-order valence-electron chi connectivity index (χ1n) is 6.47. The van der Waals surface area contributed by atoms with Gasteiger partial charge in [-0.1, -0.05) is 20.8 Å². The third kappa shape index (κ3) is 3.63. The molecule has 0 aliphatic heterocycles. The topological polar surface area (TPSA) is 40.9 Å². The van der Waals surface area contributed by atoms with Gasteiger partial charge >= 0.3 is 0 Å². The summed E-state index contributed by atoms with van der Waals surface area (Å²) >= 11 is 0.